The van der Waals surface area contributed by atoms with Crippen LogP contribution in [0.25, 0.3) is 11.1 Å². The second-order valence-corrected chi connectivity index (χ2v) is 5.61. The molecule has 0 heterocycles. The minimum absolute atomic E-state index is 0.0503. The van der Waals surface area contributed by atoms with Crippen LogP contribution in [0.4, 0.5) is 4.79 Å². The Balaban J connectivity index is 1.69. The first-order valence-corrected chi connectivity index (χ1v) is 7.92. The van der Waals surface area contributed by atoms with Gasteiger partial charge in [-0.15, -0.1) is 4.99 Å². The van der Waals surface area contributed by atoms with Gasteiger partial charge in [0.05, 0.1) is 0 Å². The van der Waals surface area contributed by atoms with E-state index < -0.39 is 6.09 Å². The lowest BCUT2D eigenvalue weighted by Gasteiger charge is -2.09. The molecule has 123 valence electrons. The van der Waals surface area contributed by atoms with Gasteiger partial charge in [0.25, 0.3) is 0 Å². The number of carbonyl (C=O) groups excluding carboxylic acids is 1. The van der Waals surface area contributed by atoms with Crippen molar-refractivity contribution < 1.29 is 9.53 Å². The number of fused-ring (bicyclic) bond motifs is 3. The molecule has 0 fully saturated rings. The van der Waals surface area contributed by atoms with E-state index >= 15 is 0 Å². The van der Waals surface area contributed by atoms with E-state index in [1.54, 1.807) is 0 Å². The van der Waals surface area contributed by atoms with E-state index in [-0.39, 0.29) is 12.6 Å². The van der Waals surface area contributed by atoms with Crippen LogP contribution >= 0.6 is 0 Å². The Morgan fingerprint density at radius 3 is 2.83 bits per heavy atom. The van der Waals surface area contributed by atoms with Crippen molar-refractivity contribution in [1.82, 2.24) is 5.32 Å². The highest BCUT2D eigenvalue weighted by Crippen LogP contribution is 2.38. The number of carbonyl (C=O) groups is 1. The lowest BCUT2D eigenvalue weighted by atomic mass is 10.0. The Bertz CT molecular complexity index is 784. The van der Waals surface area contributed by atoms with Crippen molar-refractivity contribution >= 4 is 12.1 Å². The lowest BCUT2D eigenvalue weighted by Crippen LogP contribution is -2.33. The maximum atomic E-state index is 11.8. The summed E-state index contributed by atoms with van der Waals surface area (Å²) >= 11 is 0. The van der Waals surface area contributed by atoms with Crippen LogP contribution < -0.4 is 11.1 Å². The SMILES string of the molecule is [CH2]CCNC(N)=NC(=O)OCc1cccc2c1Cc1ccccc1-2. The van der Waals surface area contributed by atoms with E-state index in [9.17, 15) is 4.79 Å². The van der Waals surface area contributed by atoms with Gasteiger partial charge in [-0.2, -0.15) is 0 Å². The molecule has 0 aliphatic heterocycles. The monoisotopic (exact) mass is 322 g/mol. The molecule has 0 saturated heterocycles. The number of nitrogens with one attached hydrogen (secondary N) is 1. The first-order chi connectivity index (χ1) is 11.7. The number of nitrogens with two attached hydrogens (primary N) is 1. The summed E-state index contributed by atoms with van der Waals surface area (Å²) in [5.74, 6) is 0.0503. The third kappa shape index (κ3) is 3.40. The predicted octanol–water partition coefficient (Wildman–Crippen LogP) is 3.02. The summed E-state index contributed by atoms with van der Waals surface area (Å²) in [6, 6.07) is 14.4. The van der Waals surface area contributed by atoms with Gasteiger partial charge in [-0.05, 0) is 40.7 Å². The average molecular weight is 322 g/mol. The van der Waals surface area contributed by atoms with Gasteiger partial charge in [0.15, 0.2) is 5.96 Å². The van der Waals surface area contributed by atoms with Gasteiger partial charge in [-0.1, -0.05) is 49.4 Å². The van der Waals surface area contributed by atoms with E-state index in [1.165, 1.54) is 22.3 Å². The van der Waals surface area contributed by atoms with Crippen LogP contribution in [0.1, 0.15) is 23.1 Å². The normalized spacial score (nSPS) is 12.5. The van der Waals surface area contributed by atoms with Crippen molar-refractivity contribution in [3.8, 4) is 11.1 Å². The van der Waals surface area contributed by atoms with Crippen LogP contribution in [0.2, 0.25) is 0 Å². The summed E-state index contributed by atoms with van der Waals surface area (Å²) < 4.78 is 5.24. The molecular formula is C19H20N3O2. The van der Waals surface area contributed by atoms with E-state index in [1.807, 2.05) is 24.3 Å². The summed E-state index contributed by atoms with van der Waals surface area (Å²) in [4.78, 5) is 15.4. The average Bonchev–Trinajstić information content (AvgIpc) is 2.97. The molecule has 1 amide bonds. The Hall–Kier alpha value is -2.82. The second kappa shape index (κ2) is 7.17. The number of benzene rings is 2. The van der Waals surface area contributed by atoms with Crippen LogP contribution in [-0.2, 0) is 17.8 Å². The number of hydrogen-bond donors (Lipinski definition) is 2. The van der Waals surface area contributed by atoms with Gasteiger partial charge in [-0.25, -0.2) is 4.79 Å². The van der Waals surface area contributed by atoms with Gasteiger partial charge in [0.2, 0.25) is 0 Å². The number of guanidine groups is 1. The smallest absolute Gasteiger partial charge is 0.437 e. The molecule has 0 spiro atoms. The lowest BCUT2D eigenvalue weighted by molar-refractivity contribution is 0.150. The van der Waals surface area contributed by atoms with E-state index in [4.69, 9.17) is 10.5 Å². The maximum Gasteiger partial charge on any atom is 0.437 e. The van der Waals surface area contributed by atoms with E-state index in [0.29, 0.717) is 13.0 Å². The maximum absolute atomic E-state index is 11.8. The zero-order valence-electron chi connectivity index (χ0n) is 13.4. The number of aliphatic imine (C=N–C) groups is 1. The molecule has 1 aliphatic carbocycles. The molecule has 24 heavy (non-hydrogen) atoms. The van der Waals surface area contributed by atoms with Gasteiger partial charge in [0, 0.05) is 6.54 Å². The fourth-order valence-corrected chi connectivity index (χ4v) is 2.88. The molecule has 3 rings (SSSR count). The molecule has 5 nitrogen and oxygen atoms in total. The Morgan fingerprint density at radius 2 is 2.00 bits per heavy atom. The summed E-state index contributed by atoms with van der Waals surface area (Å²) in [6.07, 6.45) is 0.815. The van der Waals surface area contributed by atoms with E-state index in [0.717, 1.165) is 12.0 Å². The molecule has 0 bridgehead atoms. The number of nitrogens with zero attached hydrogens (tertiary/aromatic N) is 1. The topological polar surface area (TPSA) is 76.7 Å². The first kappa shape index (κ1) is 16.1. The van der Waals surface area contributed by atoms with Crippen LogP contribution in [0.15, 0.2) is 47.5 Å². The second-order valence-electron chi connectivity index (χ2n) is 5.61. The zero-order chi connectivity index (χ0) is 16.9. The molecule has 2 aromatic rings. The van der Waals surface area contributed by atoms with Gasteiger partial charge in [0.1, 0.15) is 6.61 Å². The molecule has 0 saturated carbocycles. The summed E-state index contributed by atoms with van der Waals surface area (Å²) in [5, 5.41) is 2.78. The van der Waals surface area contributed by atoms with Crippen LogP contribution in [0.3, 0.4) is 0 Å². The van der Waals surface area contributed by atoms with Crippen molar-refractivity contribution in [2.24, 2.45) is 10.7 Å². The van der Waals surface area contributed by atoms with Crippen molar-refractivity contribution in [2.45, 2.75) is 19.4 Å². The molecular weight excluding hydrogens is 302 g/mol. The van der Waals surface area contributed by atoms with Gasteiger partial charge < -0.3 is 15.8 Å². The van der Waals surface area contributed by atoms with Crippen LogP contribution in [-0.4, -0.2) is 18.6 Å². The number of amides is 1. The highest BCUT2D eigenvalue weighted by molar-refractivity contribution is 5.89. The highest BCUT2D eigenvalue weighted by atomic mass is 16.5. The molecule has 0 atom stereocenters. The third-order valence-electron chi connectivity index (χ3n) is 3.99. The zero-order valence-corrected chi connectivity index (χ0v) is 13.4. The van der Waals surface area contributed by atoms with Crippen LogP contribution in [0.5, 0.6) is 0 Å². The predicted molar refractivity (Wildman–Crippen MR) is 94.5 cm³/mol. The number of hydrogen-bond acceptors (Lipinski definition) is 2. The molecule has 1 radical (unpaired) electrons. The first-order valence-electron chi connectivity index (χ1n) is 7.92. The minimum atomic E-state index is -0.697. The van der Waals surface area contributed by atoms with E-state index in [2.05, 4.69) is 35.4 Å². The molecule has 0 unspecified atom stereocenters. The molecule has 5 heteroatoms. The largest absolute Gasteiger partial charge is 0.443 e. The summed E-state index contributed by atoms with van der Waals surface area (Å²) in [7, 11) is 0. The molecule has 2 aromatic carbocycles. The standard InChI is InChI=1S/C19H20N3O2/c1-2-10-21-18(20)22-19(23)24-12-14-7-5-9-16-15-8-4-3-6-13(15)11-17(14)16/h3-9H,1-2,10-12H2,(H3,20,21,22,23). The fraction of sp³-hybridized carbons (Fsp3) is 0.211. The Morgan fingerprint density at radius 1 is 1.21 bits per heavy atom. The summed E-state index contributed by atoms with van der Waals surface area (Å²) in [6.45, 7) is 4.42. The minimum Gasteiger partial charge on any atom is -0.443 e. The van der Waals surface area contributed by atoms with Gasteiger partial charge >= 0.3 is 6.09 Å². The Labute approximate surface area is 141 Å². The molecule has 3 N–H and O–H groups in total. The Kier molecular flexibility index (Phi) is 4.79. The van der Waals surface area contributed by atoms with Gasteiger partial charge in [-0.3, -0.25) is 0 Å². The van der Waals surface area contributed by atoms with Crippen molar-refractivity contribution in [2.75, 3.05) is 6.54 Å². The molecule has 0 aromatic heterocycles. The van der Waals surface area contributed by atoms with Crippen molar-refractivity contribution in [3.05, 3.63) is 66.1 Å². The molecule has 1 aliphatic rings. The van der Waals surface area contributed by atoms with Crippen LogP contribution in [0, 0.1) is 6.92 Å². The van der Waals surface area contributed by atoms with Crippen molar-refractivity contribution in [1.29, 1.82) is 0 Å². The third-order valence-corrected chi connectivity index (χ3v) is 3.99. The van der Waals surface area contributed by atoms with Crippen molar-refractivity contribution in [3.63, 3.8) is 0 Å². The quantitative estimate of drug-likeness (QED) is 0.572. The number of rotatable bonds is 4. The fourth-order valence-electron chi connectivity index (χ4n) is 2.88. The summed E-state index contributed by atoms with van der Waals surface area (Å²) in [5.41, 5.74) is 11.5. The number of ether oxygens (including phenoxy) is 1. The highest BCUT2D eigenvalue weighted by Gasteiger charge is 2.20.